The van der Waals surface area contributed by atoms with E-state index in [0.717, 1.165) is 39.4 Å². The topological polar surface area (TPSA) is 62.5 Å². The molecule has 1 atom stereocenters. The lowest BCUT2D eigenvalue weighted by atomic mass is 9.87. The van der Waals surface area contributed by atoms with E-state index in [-0.39, 0.29) is 5.92 Å². The molecular formula is C36H21F3N4. The summed E-state index contributed by atoms with van der Waals surface area (Å²) < 4.78 is 40.9. The van der Waals surface area contributed by atoms with Crippen molar-refractivity contribution < 1.29 is 13.2 Å². The Bertz CT molecular complexity index is 1970. The molecule has 4 nitrogen and oxygen atoms in total. The van der Waals surface area contributed by atoms with Gasteiger partial charge in [0.15, 0.2) is 17.5 Å². The molecule has 43 heavy (non-hydrogen) atoms. The number of halogens is 3. The molecular weight excluding hydrogens is 545 g/mol. The summed E-state index contributed by atoms with van der Waals surface area (Å²) in [6.07, 6.45) is -4.45. The first-order chi connectivity index (χ1) is 20.9. The second kappa shape index (κ2) is 10.3. The van der Waals surface area contributed by atoms with E-state index in [0.29, 0.717) is 34.2 Å². The number of benzene rings is 5. The van der Waals surface area contributed by atoms with Crippen LogP contribution in [-0.2, 0) is 6.18 Å². The first kappa shape index (κ1) is 26.3. The second-order valence-corrected chi connectivity index (χ2v) is 10.3. The van der Waals surface area contributed by atoms with Gasteiger partial charge in [0.25, 0.3) is 0 Å². The lowest BCUT2D eigenvalue weighted by Crippen LogP contribution is -2.06. The van der Waals surface area contributed by atoms with Crippen LogP contribution in [0.4, 0.5) is 13.2 Å². The number of aromatic nitrogens is 3. The fraction of sp³-hybridized carbons (Fsp3) is 0.0556. The molecule has 0 bridgehead atoms. The Labute approximate surface area is 245 Å². The lowest BCUT2D eigenvalue weighted by molar-refractivity contribution is -0.137. The first-order valence-corrected chi connectivity index (χ1v) is 13.6. The highest BCUT2D eigenvalue weighted by atomic mass is 19.4. The SMILES string of the molecule is N#Cc1ccc(C2c3ccccc3-c3cc(C(F)(F)F)ccc32)cc1-c1nc(-c2ccccc2)nc(-c2ccccc2)n1. The van der Waals surface area contributed by atoms with Crippen LogP contribution in [0.25, 0.3) is 45.3 Å². The number of nitriles is 1. The molecule has 0 saturated heterocycles. The zero-order valence-electron chi connectivity index (χ0n) is 22.5. The molecule has 6 aromatic rings. The number of hydrogen-bond acceptors (Lipinski definition) is 4. The molecule has 1 unspecified atom stereocenters. The third kappa shape index (κ3) is 4.73. The Balaban J connectivity index is 1.42. The normalized spacial score (nSPS) is 13.7. The minimum absolute atomic E-state index is 0.330. The summed E-state index contributed by atoms with van der Waals surface area (Å²) >= 11 is 0. The highest BCUT2D eigenvalue weighted by Gasteiger charge is 2.35. The van der Waals surface area contributed by atoms with Crippen molar-refractivity contribution in [1.29, 1.82) is 5.26 Å². The van der Waals surface area contributed by atoms with E-state index < -0.39 is 11.7 Å². The third-order valence-electron chi connectivity index (χ3n) is 7.69. The van der Waals surface area contributed by atoms with E-state index in [1.165, 1.54) is 6.07 Å². The molecule has 7 rings (SSSR count). The van der Waals surface area contributed by atoms with Crippen LogP contribution in [0.3, 0.4) is 0 Å². The van der Waals surface area contributed by atoms with Crippen LogP contribution in [-0.4, -0.2) is 15.0 Å². The average molecular weight is 567 g/mol. The van der Waals surface area contributed by atoms with Crippen LogP contribution < -0.4 is 0 Å². The monoisotopic (exact) mass is 566 g/mol. The number of nitrogens with zero attached hydrogens (tertiary/aromatic N) is 4. The van der Waals surface area contributed by atoms with Gasteiger partial charge >= 0.3 is 6.18 Å². The predicted octanol–water partition coefficient (Wildman–Crippen LogP) is 8.92. The molecule has 7 heteroatoms. The predicted molar refractivity (Wildman–Crippen MR) is 159 cm³/mol. The molecule has 1 aromatic heterocycles. The number of fused-ring (bicyclic) bond motifs is 3. The molecule has 0 saturated carbocycles. The number of rotatable bonds is 4. The smallest absolute Gasteiger partial charge is 0.208 e. The largest absolute Gasteiger partial charge is 0.416 e. The highest BCUT2D eigenvalue weighted by molar-refractivity contribution is 5.82. The molecule has 5 aromatic carbocycles. The fourth-order valence-electron chi connectivity index (χ4n) is 5.69. The quantitative estimate of drug-likeness (QED) is 0.213. The Morgan fingerprint density at radius 3 is 1.77 bits per heavy atom. The summed E-state index contributed by atoms with van der Waals surface area (Å²) in [5.41, 5.74) is 5.64. The van der Waals surface area contributed by atoms with E-state index >= 15 is 0 Å². The van der Waals surface area contributed by atoms with Gasteiger partial charge in [-0.25, -0.2) is 15.0 Å². The van der Waals surface area contributed by atoms with E-state index in [1.807, 2.05) is 97.1 Å². The molecule has 0 spiro atoms. The molecule has 0 fully saturated rings. The zero-order valence-corrected chi connectivity index (χ0v) is 22.5. The highest BCUT2D eigenvalue weighted by Crippen LogP contribution is 2.50. The standard InChI is InChI=1S/C36H21F3N4/c37-36(38,39)26-17-18-29-31(20-26)27-13-7-8-14-28(27)32(29)24-15-16-25(21-40)30(19-24)35-42-33(22-9-3-1-4-10-22)41-34(43-35)23-11-5-2-6-12-23/h1-20,32H. The van der Waals surface area contributed by atoms with Gasteiger partial charge in [-0.3, -0.25) is 0 Å². The van der Waals surface area contributed by atoms with Gasteiger partial charge in [-0.2, -0.15) is 18.4 Å². The van der Waals surface area contributed by atoms with E-state index in [1.54, 1.807) is 12.1 Å². The second-order valence-electron chi connectivity index (χ2n) is 10.3. The zero-order chi connectivity index (χ0) is 29.6. The lowest BCUT2D eigenvalue weighted by Gasteiger charge is -2.17. The molecule has 0 N–H and O–H groups in total. The fourth-order valence-corrected chi connectivity index (χ4v) is 5.69. The molecule has 1 aliphatic carbocycles. The molecule has 0 amide bonds. The maximum Gasteiger partial charge on any atom is 0.416 e. The third-order valence-corrected chi connectivity index (χ3v) is 7.69. The summed E-state index contributed by atoms with van der Waals surface area (Å²) in [5.74, 6) is 0.944. The molecule has 0 aliphatic heterocycles. The van der Waals surface area contributed by atoms with Crippen LogP contribution in [0.15, 0.2) is 121 Å². The minimum Gasteiger partial charge on any atom is -0.208 e. The maximum atomic E-state index is 13.6. The van der Waals surface area contributed by atoms with Gasteiger partial charge in [-0.1, -0.05) is 97.1 Å². The first-order valence-electron chi connectivity index (χ1n) is 13.6. The van der Waals surface area contributed by atoms with Gasteiger partial charge in [-0.15, -0.1) is 0 Å². The summed E-state index contributed by atoms with van der Waals surface area (Å²) in [6.45, 7) is 0. The van der Waals surface area contributed by atoms with Gasteiger partial charge in [0, 0.05) is 22.6 Å². The number of hydrogen-bond donors (Lipinski definition) is 0. The van der Waals surface area contributed by atoms with E-state index in [2.05, 4.69) is 6.07 Å². The van der Waals surface area contributed by atoms with Crippen LogP contribution >= 0.6 is 0 Å². The summed E-state index contributed by atoms with van der Waals surface area (Å²) in [4.78, 5) is 14.4. The van der Waals surface area contributed by atoms with Crippen LogP contribution in [0.5, 0.6) is 0 Å². The number of alkyl halides is 3. The Morgan fingerprint density at radius 1 is 0.558 bits per heavy atom. The van der Waals surface area contributed by atoms with Crippen molar-refractivity contribution in [3.8, 4) is 51.4 Å². The van der Waals surface area contributed by atoms with Gasteiger partial charge in [0.05, 0.1) is 17.2 Å². The van der Waals surface area contributed by atoms with Crippen molar-refractivity contribution in [3.63, 3.8) is 0 Å². The Morgan fingerprint density at radius 2 is 1.14 bits per heavy atom. The van der Waals surface area contributed by atoms with Crippen molar-refractivity contribution in [2.24, 2.45) is 0 Å². The molecule has 206 valence electrons. The summed E-state index contributed by atoms with van der Waals surface area (Å²) in [6, 6.07) is 38.2. The van der Waals surface area contributed by atoms with E-state index in [9.17, 15) is 18.4 Å². The van der Waals surface area contributed by atoms with Gasteiger partial charge in [-0.05, 0) is 52.1 Å². The van der Waals surface area contributed by atoms with Crippen LogP contribution in [0.1, 0.15) is 33.7 Å². The molecule has 1 heterocycles. The maximum absolute atomic E-state index is 13.6. The van der Waals surface area contributed by atoms with Gasteiger partial charge < -0.3 is 0 Å². The van der Waals surface area contributed by atoms with E-state index in [4.69, 9.17) is 15.0 Å². The van der Waals surface area contributed by atoms with Crippen molar-refractivity contribution in [2.75, 3.05) is 0 Å². The van der Waals surface area contributed by atoms with Crippen molar-refractivity contribution in [2.45, 2.75) is 12.1 Å². The van der Waals surface area contributed by atoms with Crippen molar-refractivity contribution in [1.82, 2.24) is 15.0 Å². The molecule has 0 radical (unpaired) electrons. The van der Waals surface area contributed by atoms with Crippen LogP contribution in [0, 0.1) is 11.3 Å². The Hall–Kier alpha value is -5.61. The van der Waals surface area contributed by atoms with Gasteiger partial charge in [0.2, 0.25) is 0 Å². The summed E-state index contributed by atoms with van der Waals surface area (Å²) in [5, 5.41) is 10.1. The molecule has 1 aliphatic rings. The van der Waals surface area contributed by atoms with Gasteiger partial charge in [0.1, 0.15) is 0 Å². The van der Waals surface area contributed by atoms with Crippen LogP contribution in [0.2, 0.25) is 0 Å². The summed E-state index contributed by atoms with van der Waals surface area (Å²) in [7, 11) is 0. The Kier molecular flexibility index (Phi) is 6.32. The van der Waals surface area contributed by atoms with Crippen molar-refractivity contribution in [3.05, 3.63) is 149 Å². The van der Waals surface area contributed by atoms with Crippen molar-refractivity contribution >= 4 is 0 Å². The average Bonchev–Trinajstić information content (AvgIpc) is 3.38. The minimum atomic E-state index is -4.45.